The molecule has 3 nitrogen and oxygen atoms in total. The van der Waals surface area contributed by atoms with Crippen molar-refractivity contribution in [3.05, 3.63) is 35.4 Å². The first-order valence-corrected chi connectivity index (χ1v) is 7.62. The van der Waals surface area contributed by atoms with Gasteiger partial charge in [0.25, 0.3) is 0 Å². The van der Waals surface area contributed by atoms with Crippen molar-refractivity contribution < 1.29 is 9.84 Å². The maximum atomic E-state index is 10.7. The van der Waals surface area contributed by atoms with E-state index in [9.17, 15) is 5.11 Å². The first-order valence-electron chi connectivity index (χ1n) is 7.62. The molecule has 1 heterocycles. The highest BCUT2D eigenvalue weighted by Crippen LogP contribution is 2.41. The molecule has 1 saturated heterocycles. The van der Waals surface area contributed by atoms with Crippen molar-refractivity contribution in [2.24, 2.45) is 17.1 Å². The van der Waals surface area contributed by atoms with Gasteiger partial charge in [-0.3, -0.25) is 0 Å². The van der Waals surface area contributed by atoms with Crippen LogP contribution in [0.3, 0.4) is 0 Å². The van der Waals surface area contributed by atoms with Crippen LogP contribution in [0.4, 0.5) is 0 Å². The van der Waals surface area contributed by atoms with Crippen molar-refractivity contribution >= 4 is 0 Å². The van der Waals surface area contributed by atoms with Crippen LogP contribution in [0.5, 0.6) is 0 Å². The zero-order valence-corrected chi connectivity index (χ0v) is 12.6. The minimum atomic E-state index is -0.496. The second-order valence-electron chi connectivity index (χ2n) is 6.42. The molecule has 0 saturated carbocycles. The van der Waals surface area contributed by atoms with E-state index >= 15 is 0 Å². The van der Waals surface area contributed by atoms with Gasteiger partial charge in [0.1, 0.15) is 0 Å². The molecule has 3 heteroatoms. The minimum absolute atomic E-state index is 0.224. The number of benzene rings is 1. The molecule has 0 bridgehead atoms. The first-order chi connectivity index (χ1) is 9.57. The van der Waals surface area contributed by atoms with Crippen LogP contribution in [0, 0.1) is 11.3 Å². The molecule has 0 radical (unpaired) electrons. The molecule has 112 valence electrons. The second-order valence-corrected chi connectivity index (χ2v) is 6.42. The lowest BCUT2D eigenvalue weighted by molar-refractivity contribution is -0.0581. The first kappa shape index (κ1) is 15.5. The van der Waals surface area contributed by atoms with Crippen molar-refractivity contribution in [2.45, 2.75) is 39.2 Å². The normalized spacial score (nSPS) is 20.1. The van der Waals surface area contributed by atoms with Gasteiger partial charge in [-0.1, -0.05) is 38.1 Å². The summed E-state index contributed by atoms with van der Waals surface area (Å²) in [5.74, 6) is 0.650. The summed E-state index contributed by atoms with van der Waals surface area (Å²) in [6, 6.07) is 8.36. The maximum absolute atomic E-state index is 10.7. The molecule has 1 unspecified atom stereocenters. The molecule has 1 aliphatic heterocycles. The van der Waals surface area contributed by atoms with Gasteiger partial charge >= 0.3 is 0 Å². The monoisotopic (exact) mass is 277 g/mol. The van der Waals surface area contributed by atoms with E-state index < -0.39 is 6.10 Å². The molecule has 1 aromatic carbocycles. The fourth-order valence-electron chi connectivity index (χ4n) is 3.03. The van der Waals surface area contributed by atoms with E-state index in [2.05, 4.69) is 38.1 Å². The number of aliphatic hydroxyl groups excluding tert-OH is 1. The lowest BCUT2D eigenvalue weighted by Crippen LogP contribution is -2.41. The van der Waals surface area contributed by atoms with E-state index in [0.29, 0.717) is 25.7 Å². The van der Waals surface area contributed by atoms with Crippen molar-refractivity contribution in [1.29, 1.82) is 0 Å². The third-order valence-corrected chi connectivity index (χ3v) is 4.41. The SMILES string of the molecule is CC(C)Cc1ccc(C(O)C2(CN)CCOCC2)cc1. The molecule has 1 fully saturated rings. The van der Waals surface area contributed by atoms with Crippen LogP contribution >= 0.6 is 0 Å². The van der Waals surface area contributed by atoms with Gasteiger partial charge in [0.2, 0.25) is 0 Å². The second kappa shape index (κ2) is 6.70. The smallest absolute Gasteiger partial charge is 0.0860 e. The average Bonchev–Trinajstić information content (AvgIpc) is 2.47. The van der Waals surface area contributed by atoms with Crippen LogP contribution in [-0.4, -0.2) is 24.9 Å². The summed E-state index contributed by atoms with van der Waals surface area (Å²) in [5, 5.41) is 10.7. The molecular weight excluding hydrogens is 250 g/mol. The Kier molecular flexibility index (Phi) is 5.19. The van der Waals surface area contributed by atoms with E-state index in [0.717, 1.165) is 24.8 Å². The molecule has 3 N–H and O–H groups in total. The molecular formula is C17H27NO2. The van der Waals surface area contributed by atoms with E-state index in [1.54, 1.807) is 0 Å². The molecule has 1 atom stereocenters. The van der Waals surface area contributed by atoms with Crippen LogP contribution in [0.2, 0.25) is 0 Å². The molecule has 0 aromatic heterocycles. The van der Waals surface area contributed by atoms with Crippen LogP contribution in [0.1, 0.15) is 43.9 Å². The predicted octanol–water partition coefficient (Wildman–Crippen LogP) is 2.67. The molecule has 0 aliphatic carbocycles. The molecule has 1 aliphatic rings. The largest absolute Gasteiger partial charge is 0.388 e. The summed E-state index contributed by atoms with van der Waals surface area (Å²) in [6.07, 6.45) is 2.24. The Balaban J connectivity index is 2.13. The van der Waals surface area contributed by atoms with Crippen molar-refractivity contribution in [3.63, 3.8) is 0 Å². The lowest BCUT2D eigenvalue weighted by atomic mass is 9.73. The van der Waals surface area contributed by atoms with Crippen LogP contribution in [0.25, 0.3) is 0 Å². The minimum Gasteiger partial charge on any atom is -0.388 e. The zero-order chi connectivity index (χ0) is 14.6. The Hall–Kier alpha value is -0.900. The van der Waals surface area contributed by atoms with E-state index in [-0.39, 0.29) is 5.41 Å². The quantitative estimate of drug-likeness (QED) is 0.870. The van der Waals surface area contributed by atoms with Crippen molar-refractivity contribution in [3.8, 4) is 0 Å². The topological polar surface area (TPSA) is 55.5 Å². The molecule has 0 spiro atoms. The lowest BCUT2D eigenvalue weighted by Gasteiger charge is -2.40. The van der Waals surface area contributed by atoms with Crippen molar-refractivity contribution in [2.75, 3.05) is 19.8 Å². The fraction of sp³-hybridized carbons (Fsp3) is 0.647. The van der Waals surface area contributed by atoms with Crippen LogP contribution in [-0.2, 0) is 11.2 Å². The summed E-state index contributed by atoms with van der Waals surface area (Å²) >= 11 is 0. The summed E-state index contributed by atoms with van der Waals surface area (Å²) in [4.78, 5) is 0. The zero-order valence-electron chi connectivity index (χ0n) is 12.6. The standard InChI is InChI=1S/C17H27NO2/c1-13(2)11-14-3-5-15(6-4-14)16(19)17(12-18)7-9-20-10-8-17/h3-6,13,16,19H,7-12,18H2,1-2H3. The van der Waals surface area contributed by atoms with Gasteiger partial charge in [-0.05, 0) is 36.3 Å². The van der Waals surface area contributed by atoms with Gasteiger partial charge in [0.05, 0.1) is 6.10 Å². The molecule has 0 amide bonds. The Morgan fingerprint density at radius 1 is 1.20 bits per heavy atom. The third-order valence-electron chi connectivity index (χ3n) is 4.41. The number of ether oxygens (including phenoxy) is 1. The van der Waals surface area contributed by atoms with Crippen LogP contribution < -0.4 is 5.73 Å². The number of hydrogen-bond acceptors (Lipinski definition) is 3. The van der Waals surface area contributed by atoms with Gasteiger partial charge < -0.3 is 15.6 Å². The van der Waals surface area contributed by atoms with Gasteiger partial charge in [0, 0.05) is 25.2 Å². The van der Waals surface area contributed by atoms with Gasteiger partial charge in [-0.25, -0.2) is 0 Å². The Morgan fingerprint density at radius 3 is 2.30 bits per heavy atom. The summed E-state index contributed by atoms with van der Waals surface area (Å²) < 4.78 is 5.41. The highest BCUT2D eigenvalue weighted by atomic mass is 16.5. The highest BCUT2D eigenvalue weighted by molar-refractivity contribution is 5.26. The van der Waals surface area contributed by atoms with E-state index in [4.69, 9.17) is 10.5 Å². The Labute approximate surface area is 122 Å². The number of aliphatic hydroxyl groups is 1. The van der Waals surface area contributed by atoms with E-state index in [1.807, 2.05) is 0 Å². The van der Waals surface area contributed by atoms with Crippen LogP contribution in [0.15, 0.2) is 24.3 Å². The highest BCUT2D eigenvalue weighted by Gasteiger charge is 2.39. The predicted molar refractivity (Wildman–Crippen MR) is 81.5 cm³/mol. The molecule has 1 aromatic rings. The average molecular weight is 277 g/mol. The van der Waals surface area contributed by atoms with Gasteiger partial charge in [-0.15, -0.1) is 0 Å². The Bertz CT molecular complexity index is 408. The number of hydrogen-bond donors (Lipinski definition) is 2. The summed E-state index contributed by atoms with van der Waals surface area (Å²) in [6.45, 7) is 6.33. The van der Waals surface area contributed by atoms with Gasteiger partial charge in [-0.2, -0.15) is 0 Å². The number of rotatable bonds is 5. The third kappa shape index (κ3) is 3.40. The molecule has 2 rings (SSSR count). The Morgan fingerprint density at radius 2 is 1.80 bits per heavy atom. The summed E-state index contributed by atoms with van der Waals surface area (Å²) in [5.41, 5.74) is 8.03. The molecule has 20 heavy (non-hydrogen) atoms. The fourth-order valence-corrected chi connectivity index (χ4v) is 3.03. The maximum Gasteiger partial charge on any atom is 0.0860 e. The number of nitrogens with two attached hydrogens (primary N) is 1. The van der Waals surface area contributed by atoms with Crippen molar-refractivity contribution in [1.82, 2.24) is 0 Å². The summed E-state index contributed by atoms with van der Waals surface area (Å²) in [7, 11) is 0. The van der Waals surface area contributed by atoms with Gasteiger partial charge in [0.15, 0.2) is 0 Å². The van der Waals surface area contributed by atoms with E-state index in [1.165, 1.54) is 5.56 Å².